The highest BCUT2D eigenvalue weighted by Crippen LogP contribution is 2.11. The van der Waals surface area contributed by atoms with Crippen LogP contribution in [0.5, 0.6) is 0 Å². The zero-order valence-corrected chi connectivity index (χ0v) is 10.1. The third kappa shape index (κ3) is 3.37. The van der Waals surface area contributed by atoms with E-state index in [1.807, 2.05) is 23.9 Å². The molecule has 0 saturated carbocycles. The molecule has 16 heavy (non-hydrogen) atoms. The Kier molecular flexibility index (Phi) is 4.11. The van der Waals surface area contributed by atoms with Gasteiger partial charge in [0, 0.05) is 31.9 Å². The van der Waals surface area contributed by atoms with E-state index in [9.17, 15) is 0 Å². The second kappa shape index (κ2) is 5.15. The second-order valence-corrected chi connectivity index (χ2v) is 4.67. The van der Waals surface area contributed by atoms with Crippen molar-refractivity contribution < 1.29 is 5.11 Å². The van der Waals surface area contributed by atoms with Crippen LogP contribution in [0.25, 0.3) is 0 Å². The lowest BCUT2D eigenvalue weighted by Gasteiger charge is -2.25. The number of nitriles is 1. The molecule has 4 heteroatoms. The molecule has 0 aliphatic heterocycles. The van der Waals surface area contributed by atoms with E-state index in [1.54, 1.807) is 0 Å². The fourth-order valence-electron chi connectivity index (χ4n) is 1.55. The molecular formula is C12H19N3O. The Morgan fingerprint density at radius 3 is 2.75 bits per heavy atom. The Hall–Kier alpha value is -1.31. The largest absolute Gasteiger partial charge is 0.396 e. The highest BCUT2D eigenvalue weighted by atomic mass is 16.3. The smallest absolute Gasteiger partial charge is 0.120 e. The molecule has 0 unspecified atom stereocenters. The van der Waals surface area contributed by atoms with Gasteiger partial charge in [-0.15, -0.1) is 0 Å². The van der Waals surface area contributed by atoms with Crippen molar-refractivity contribution in [2.24, 2.45) is 7.05 Å². The molecule has 0 aliphatic rings. The molecule has 0 saturated heterocycles. The van der Waals surface area contributed by atoms with Crippen molar-refractivity contribution in [3.05, 3.63) is 23.5 Å². The number of hydrogen-bond acceptors (Lipinski definition) is 3. The topological polar surface area (TPSA) is 61.0 Å². The van der Waals surface area contributed by atoms with Crippen LogP contribution < -0.4 is 5.32 Å². The number of aliphatic hydroxyl groups is 1. The molecule has 2 N–H and O–H groups in total. The maximum Gasteiger partial charge on any atom is 0.120 e. The molecule has 0 aromatic carbocycles. The van der Waals surface area contributed by atoms with E-state index in [-0.39, 0.29) is 12.1 Å². The number of nitrogens with zero attached hydrogens (tertiary/aromatic N) is 2. The first kappa shape index (κ1) is 12.8. The minimum atomic E-state index is -0.0859. The predicted molar refractivity (Wildman–Crippen MR) is 62.7 cm³/mol. The van der Waals surface area contributed by atoms with Gasteiger partial charge in [0.15, 0.2) is 0 Å². The summed E-state index contributed by atoms with van der Waals surface area (Å²) in [6, 6.07) is 4.01. The van der Waals surface area contributed by atoms with Crippen molar-refractivity contribution in [2.75, 3.05) is 6.61 Å². The molecular weight excluding hydrogens is 202 g/mol. The molecule has 1 aromatic rings. The number of aromatic nitrogens is 1. The average molecular weight is 221 g/mol. The lowest BCUT2D eigenvalue weighted by molar-refractivity contribution is 0.230. The van der Waals surface area contributed by atoms with Crippen LogP contribution in [0.15, 0.2) is 12.3 Å². The van der Waals surface area contributed by atoms with Gasteiger partial charge < -0.3 is 15.0 Å². The number of rotatable bonds is 5. The van der Waals surface area contributed by atoms with Gasteiger partial charge in [-0.1, -0.05) is 0 Å². The third-order valence-electron chi connectivity index (χ3n) is 2.68. The van der Waals surface area contributed by atoms with E-state index in [2.05, 4.69) is 25.2 Å². The molecule has 0 bridgehead atoms. The number of aliphatic hydroxyl groups excluding tert-OH is 1. The summed E-state index contributed by atoms with van der Waals surface area (Å²) in [7, 11) is 1.86. The minimum absolute atomic E-state index is 0.0859. The van der Waals surface area contributed by atoms with Crippen LogP contribution in [0.3, 0.4) is 0 Å². The molecule has 0 atom stereocenters. The van der Waals surface area contributed by atoms with Gasteiger partial charge in [0.25, 0.3) is 0 Å². The number of nitrogens with one attached hydrogen (secondary N) is 1. The van der Waals surface area contributed by atoms with Crippen molar-refractivity contribution >= 4 is 0 Å². The molecule has 0 radical (unpaired) electrons. The first-order valence-electron chi connectivity index (χ1n) is 5.40. The minimum Gasteiger partial charge on any atom is -0.396 e. The van der Waals surface area contributed by atoms with Crippen molar-refractivity contribution in [2.45, 2.75) is 32.4 Å². The summed E-state index contributed by atoms with van der Waals surface area (Å²) < 4.78 is 1.82. The van der Waals surface area contributed by atoms with Gasteiger partial charge in [-0.25, -0.2) is 0 Å². The van der Waals surface area contributed by atoms with E-state index in [0.717, 1.165) is 5.56 Å². The summed E-state index contributed by atoms with van der Waals surface area (Å²) in [5.74, 6) is 0. The summed E-state index contributed by atoms with van der Waals surface area (Å²) in [6.07, 6.45) is 2.66. The molecule has 1 rings (SSSR count). The van der Waals surface area contributed by atoms with Crippen molar-refractivity contribution in [3.63, 3.8) is 0 Å². The summed E-state index contributed by atoms with van der Waals surface area (Å²) in [5.41, 5.74) is 1.67. The summed E-state index contributed by atoms with van der Waals surface area (Å²) in [6.45, 7) is 5.00. The normalized spacial score (nSPS) is 11.4. The van der Waals surface area contributed by atoms with Gasteiger partial charge >= 0.3 is 0 Å². The maximum atomic E-state index is 8.90. The lowest BCUT2D eigenvalue weighted by Crippen LogP contribution is -2.39. The van der Waals surface area contributed by atoms with E-state index in [4.69, 9.17) is 10.4 Å². The van der Waals surface area contributed by atoms with Gasteiger partial charge in [-0.3, -0.25) is 0 Å². The monoisotopic (exact) mass is 221 g/mol. The van der Waals surface area contributed by atoms with Gasteiger partial charge in [-0.2, -0.15) is 5.26 Å². The highest BCUT2D eigenvalue weighted by Gasteiger charge is 2.16. The fourth-order valence-corrected chi connectivity index (χ4v) is 1.55. The first-order chi connectivity index (χ1) is 7.48. The molecule has 88 valence electrons. The quantitative estimate of drug-likeness (QED) is 0.784. The van der Waals surface area contributed by atoms with E-state index >= 15 is 0 Å². The van der Waals surface area contributed by atoms with Crippen molar-refractivity contribution in [1.29, 1.82) is 5.26 Å². The van der Waals surface area contributed by atoms with E-state index in [1.165, 1.54) is 0 Å². The standard InChI is InChI=1S/C12H19N3O/c1-12(2,4-5-16)14-8-10-6-11(7-13)15(3)9-10/h6,9,14,16H,4-5,8H2,1-3H3. The highest BCUT2D eigenvalue weighted by molar-refractivity contribution is 5.28. The van der Waals surface area contributed by atoms with Crippen molar-refractivity contribution in [3.8, 4) is 6.07 Å². The van der Waals surface area contributed by atoms with E-state index in [0.29, 0.717) is 18.7 Å². The van der Waals surface area contributed by atoms with E-state index < -0.39 is 0 Å². The predicted octanol–water partition coefficient (Wildman–Crippen LogP) is 1.15. The molecule has 1 aromatic heterocycles. The van der Waals surface area contributed by atoms with Crippen LogP contribution in [0.2, 0.25) is 0 Å². The number of hydrogen-bond donors (Lipinski definition) is 2. The summed E-state index contributed by atoms with van der Waals surface area (Å²) in [4.78, 5) is 0. The third-order valence-corrected chi connectivity index (χ3v) is 2.68. The lowest BCUT2D eigenvalue weighted by atomic mass is 10.0. The van der Waals surface area contributed by atoms with Crippen LogP contribution >= 0.6 is 0 Å². The Balaban J connectivity index is 2.58. The molecule has 0 fully saturated rings. The van der Waals surface area contributed by atoms with Gasteiger partial charge in [0.05, 0.1) is 0 Å². The molecule has 0 spiro atoms. The van der Waals surface area contributed by atoms with Gasteiger partial charge in [0.2, 0.25) is 0 Å². The molecule has 4 nitrogen and oxygen atoms in total. The molecule has 0 aliphatic carbocycles. The van der Waals surface area contributed by atoms with Crippen LogP contribution in [0.4, 0.5) is 0 Å². The molecule has 0 amide bonds. The number of aryl methyl sites for hydroxylation is 1. The van der Waals surface area contributed by atoms with Crippen LogP contribution in [-0.4, -0.2) is 21.8 Å². The summed E-state index contributed by atoms with van der Waals surface area (Å²) >= 11 is 0. The van der Waals surface area contributed by atoms with Crippen molar-refractivity contribution in [1.82, 2.24) is 9.88 Å². The summed E-state index contributed by atoms with van der Waals surface area (Å²) in [5, 5.41) is 21.1. The fraction of sp³-hybridized carbons (Fsp3) is 0.583. The van der Waals surface area contributed by atoms with Crippen LogP contribution in [0, 0.1) is 11.3 Å². The SMILES string of the molecule is Cn1cc(CNC(C)(C)CCO)cc1C#N. The average Bonchev–Trinajstić information content (AvgIpc) is 2.56. The second-order valence-electron chi connectivity index (χ2n) is 4.67. The maximum absolute atomic E-state index is 8.90. The molecule has 1 heterocycles. The Labute approximate surface area is 96.5 Å². The Morgan fingerprint density at radius 2 is 2.25 bits per heavy atom. The van der Waals surface area contributed by atoms with Gasteiger partial charge in [-0.05, 0) is 31.9 Å². The Bertz CT molecular complexity index is 387. The Morgan fingerprint density at radius 1 is 1.56 bits per heavy atom. The zero-order valence-electron chi connectivity index (χ0n) is 10.1. The van der Waals surface area contributed by atoms with Crippen LogP contribution in [-0.2, 0) is 13.6 Å². The zero-order chi connectivity index (χ0) is 12.2. The first-order valence-corrected chi connectivity index (χ1v) is 5.40. The van der Waals surface area contributed by atoms with Gasteiger partial charge in [0.1, 0.15) is 11.8 Å². The van der Waals surface area contributed by atoms with Crippen LogP contribution in [0.1, 0.15) is 31.5 Å².